The highest BCUT2D eigenvalue weighted by Crippen LogP contribution is 2.33. The number of nitrogens with zero attached hydrogens (tertiary/aromatic N) is 2. The van der Waals surface area contributed by atoms with Gasteiger partial charge in [0.05, 0.1) is 12.6 Å². The van der Waals surface area contributed by atoms with Crippen LogP contribution in [0.1, 0.15) is 31.4 Å². The van der Waals surface area contributed by atoms with Crippen LogP contribution in [0.3, 0.4) is 0 Å². The molecule has 1 aromatic carbocycles. The standard InChI is InChI=1S/C16H21N3O2/c1-12(20)18-11-15(13-5-3-2-4-6-13)19(16(18)21)14-7-9-17-10-8-14/h2-6,14-15,17H,7-11H2,1H3. The summed E-state index contributed by atoms with van der Waals surface area (Å²) in [6.45, 7) is 3.78. The summed E-state index contributed by atoms with van der Waals surface area (Å²) in [5, 5.41) is 3.32. The highest BCUT2D eigenvalue weighted by molar-refractivity contribution is 5.95. The Labute approximate surface area is 124 Å². The fraction of sp³-hybridized carbons (Fsp3) is 0.500. The van der Waals surface area contributed by atoms with E-state index in [0.29, 0.717) is 6.54 Å². The number of imide groups is 1. The van der Waals surface area contributed by atoms with Gasteiger partial charge in [-0.25, -0.2) is 4.79 Å². The first-order valence-electron chi connectivity index (χ1n) is 7.54. The summed E-state index contributed by atoms with van der Waals surface area (Å²) in [7, 11) is 0. The van der Waals surface area contributed by atoms with Crippen molar-refractivity contribution in [1.29, 1.82) is 0 Å². The van der Waals surface area contributed by atoms with Crippen LogP contribution in [0.4, 0.5) is 4.79 Å². The number of piperidine rings is 1. The van der Waals surface area contributed by atoms with Gasteiger partial charge < -0.3 is 10.2 Å². The van der Waals surface area contributed by atoms with E-state index >= 15 is 0 Å². The Bertz CT molecular complexity index is 526. The second kappa shape index (κ2) is 5.85. The molecule has 112 valence electrons. The Kier molecular flexibility index (Phi) is 3.92. The Morgan fingerprint density at radius 3 is 2.48 bits per heavy atom. The van der Waals surface area contributed by atoms with Crippen molar-refractivity contribution in [3.8, 4) is 0 Å². The summed E-state index contributed by atoms with van der Waals surface area (Å²) < 4.78 is 0. The molecular formula is C16H21N3O2. The van der Waals surface area contributed by atoms with E-state index in [4.69, 9.17) is 0 Å². The SMILES string of the molecule is CC(=O)N1CC(c2ccccc2)N(C2CCNCC2)C1=O. The van der Waals surface area contributed by atoms with Crippen molar-refractivity contribution in [2.24, 2.45) is 0 Å². The van der Waals surface area contributed by atoms with Gasteiger partial charge in [-0.2, -0.15) is 0 Å². The summed E-state index contributed by atoms with van der Waals surface area (Å²) in [6.07, 6.45) is 1.89. The normalized spacial score (nSPS) is 23.7. The van der Waals surface area contributed by atoms with E-state index in [1.54, 1.807) is 0 Å². The van der Waals surface area contributed by atoms with E-state index in [9.17, 15) is 9.59 Å². The summed E-state index contributed by atoms with van der Waals surface area (Å²) in [6, 6.07) is 10.1. The fourth-order valence-corrected chi connectivity index (χ4v) is 3.31. The van der Waals surface area contributed by atoms with Gasteiger partial charge in [0.15, 0.2) is 0 Å². The third-order valence-electron chi connectivity index (χ3n) is 4.41. The van der Waals surface area contributed by atoms with Gasteiger partial charge in [0.25, 0.3) is 0 Å². The highest BCUT2D eigenvalue weighted by atomic mass is 16.2. The second-order valence-electron chi connectivity index (χ2n) is 5.73. The zero-order chi connectivity index (χ0) is 14.8. The molecule has 0 saturated carbocycles. The number of nitrogens with one attached hydrogen (secondary N) is 1. The van der Waals surface area contributed by atoms with Gasteiger partial charge in [0.2, 0.25) is 5.91 Å². The minimum atomic E-state index is -0.169. The Hall–Kier alpha value is -1.88. The summed E-state index contributed by atoms with van der Waals surface area (Å²) in [5.41, 5.74) is 1.10. The molecule has 1 aromatic rings. The van der Waals surface area contributed by atoms with Crippen molar-refractivity contribution in [2.45, 2.75) is 31.8 Å². The van der Waals surface area contributed by atoms with Gasteiger partial charge in [0, 0.05) is 13.0 Å². The van der Waals surface area contributed by atoms with Crippen LogP contribution in [0, 0.1) is 0 Å². The molecule has 1 N–H and O–H groups in total. The molecule has 1 atom stereocenters. The van der Waals surface area contributed by atoms with Crippen LogP contribution in [-0.2, 0) is 4.79 Å². The van der Waals surface area contributed by atoms with Gasteiger partial charge >= 0.3 is 6.03 Å². The fourth-order valence-electron chi connectivity index (χ4n) is 3.31. The number of carbonyl (C=O) groups excluding carboxylic acids is 2. The molecule has 5 heteroatoms. The molecule has 2 heterocycles. The lowest BCUT2D eigenvalue weighted by molar-refractivity contribution is -0.125. The van der Waals surface area contributed by atoms with Crippen molar-refractivity contribution < 1.29 is 9.59 Å². The molecule has 1 unspecified atom stereocenters. The van der Waals surface area contributed by atoms with Crippen molar-refractivity contribution in [3.63, 3.8) is 0 Å². The van der Waals surface area contributed by atoms with Gasteiger partial charge in [-0.3, -0.25) is 9.69 Å². The molecule has 2 fully saturated rings. The number of rotatable bonds is 2. The third-order valence-corrected chi connectivity index (χ3v) is 4.41. The largest absolute Gasteiger partial charge is 0.327 e. The maximum atomic E-state index is 12.6. The molecule has 0 radical (unpaired) electrons. The molecule has 2 aliphatic rings. The highest BCUT2D eigenvalue weighted by Gasteiger charge is 2.43. The number of carbonyl (C=O) groups is 2. The predicted molar refractivity (Wildman–Crippen MR) is 79.7 cm³/mol. The maximum Gasteiger partial charge on any atom is 0.327 e. The van der Waals surface area contributed by atoms with E-state index in [2.05, 4.69) is 5.32 Å². The average Bonchev–Trinajstić information content (AvgIpc) is 2.87. The molecule has 0 aliphatic carbocycles. The average molecular weight is 287 g/mol. The molecule has 5 nitrogen and oxygen atoms in total. The molecule has 0 spiro atoms. The summed E-state index contributed by atoms with van der Waals surface area (Å²) >= 11 is 0. The molecule has 3 amide bonds. The van der Waals surface area contributed by atoms with Crippen LogP contribution in [0.25, 0.3) is 0 Å². The number of hydrogen-bond acceptors (Lipinski definition) is 3. The molecular weight excluding hydrogens is 266 g/mol. The molecule has 3 rings (SSSR count). The molecule has 2 aliphatic heterocycles. The van der Waals surface area contributed by atoms with E-state index in [0.717, 1.165) is 31.5 Å². The predicted octanol–water partition coefficient (Wildman–Crippen LogP) is 1.76. The number of hydrogen-bond donors (Lipinski definition) is 1. The third kappa shape index (κ3) is 2.65. The van der Waals surface area contributed by atoms with Crippen LogP contribution in [0.15, 0.2) is 30.3 Å². The van der Waals surface area contributed by atoms with Gasteiger partial charge in [-0.05, 0) is 31.5 Å². The molecule has 0 bridgehead atoms. The lowest BCUT2D eigenvalue weighted by atomic mass is 10.00. The molecule has 21 heavy (non-hydrogen) atoms. The van der Waals surface area contributed by atoms with Crippen molar-refractivity contribution in [2.75, 3.05) is 19.6 Å². The minimum absolute atomic E-state index is 0.0225. The van der Waals surface area contributed by atoms with Crippen LogP contribution in [-0.4, -0.2) is 47.4 Å². The van der Waals surface area contributed by atoms with Crippen molar-refractivity contribution >= 4 is 11.9 Å². The molecule has 0 aromatic heterocycles. The van der Waals surface area contributed by atoms with Crippen molar-refractivity contribution in [3.05, 3.63) is 35.9 Å². The summed E-state index contributed by atoms with van der Waals surface area (Å²) in [4.78, 5) is 27.7. The lowest BCUT2D eigenvalue weighted by Gasteiger charge is -2.35. The zero-order valence-corrected chi connectivity index (χ0v) is 12.3. The van der Waals surface area contributed by atoms with Crippen LogP contribution >= 0.6 is 0 Å². The summed E-state index contributed by atoms with van der Waals surface area (Å²) in [5.74, 6) is -0.169. The van der Waals surface area contributed by atoms with Gasteiger partial charge in [-0.1, -0.05) is 30.3 Å². The lowest BCUT2D eigenvalue weighted by Crippen LogP contribution is -2.46. The topological polar surface area (TPSA) is 52.7 Å². The number of amides is 3. The van der Waals surface area contributed by atoms with Gasteiger partial charge in [0.1, 0.15) is 0 Å². The Balaban J connectivity index is 1.91. The second-order valence-corrected chi connectivity index (χ2v) is 5.73. The number of benzene rings is 1. The monoisotopic (exact) mass is 287 g/mol. The minimum Gasteiger partial charge on any atom is -0.317 e. The quantitative estimate of drug-likeness (QED) is 0.902. The van der Waals surface area contributed by atoms with E-state index in [1.165, 1.54) is 11.8 Å². The first-order chi connectivity index (χ1) is 10.2. The van der Waals surface area contributed by atoms with Gasteiger partial charge in [-0.15, -0.1) is 0 Å². The van der Waals surface area contributed by atoms with E-state index in [1.807, 2.05) is 35.2 Å². The van der Waals surface area contributed by atoms with Crippen LogP contribution < -0.4 is 5.32 Å². The first kappa shape index (κ1) is 14.1. The zero-order valence-electron chi connectivity index (χ0n) is 12.3. The van der Waals surface area contributed by atoms with E-state index in [-0.39, 0.29) is 24.0 Å². The molecule has 2 saturated heterocycles. The van der Waals surface area contributed by atoms with Crippen LogP contribution in [0.2, 0.25) is 0 Å². The Morgan fingerprint density at radius 1 is 1.19 bits per heavy atom. The first-order valence-corrected chi connectivity index (χ1v) is 7.54. The van der Waals surface area contributed by atoms with Crippen LogP contribution in [0.5, 0.6) is 0 Å². The van der Waals surface area contributed by atoms with E-state index < -0.39 is 0 Å². The maximum absolute atomic E-state index is 12.6. The smallest absolute Gasteiger partial charge is 0.317 e. The Morgan fingerprint density at radius 2 is 1.86 bits per heavy atom. The number of urea groups is 1. The van der Waals surface area contributed by atoms with Crippen molar-refractivity contribution in [1.82, 2.24) is 15.1 Å².